The standard InChI is InChI=1S/C10H10ClFO3/c1-5(10(14)15)4-6-8(13)3-2-7(12)9(6)11/h2-3,5,13H,4H2,1H3,(H,14,15). The Balaban J connectivity index is 3.03. The lowest BCUT2D eigenvalue weighted by molar-refractivity contribution is -0.141. The van der Waals surface area contributed by atoms with Crippen molar-refractivity contribution in [1.82, 2.24) is 0 Å². The number of carbonyl (C=O) groups is 1. The lowest BCUT2D eigenvalue weighted by atomic mass is 10.0. The maximum Gasteiger partial charge on any atom is 0.306 e. The van der Waals surface area contributed by atoms with Crippen molar-refractivity contribution in [3.63, 3.8) is 0 Å². The maximum atomic E-state index is 13.0. The quantitative estimate of drug-likeness (QED) is 0.842. The molecular weight excluding hydrogens is 223 g/mol. The first kappa shape index (κ1) is 11.8. The molecule has 5 heteroatoms. The Morgan fingerprint density at radius 3 is 2.73 bits per heavy atom. The molecule has 0 saturated carbocycles. The molecule has 1 aromatic rings. The molecule has 0 aliphatic carbocycles. The number of halogens is 2. The summed E-state index contributed by atoms with van der Waals surface area (Å²) in [6.07, 6.45) is -0.00222. The van der Waals surface area contributed by atoms with Gasteiger partial charge in [-0.05, 0) is 18.6 Å². The van der Waals surface area contributed by atoms with Crippen LogP contribution in [0.3, 0.4) is 0 Å². The van der Waals surface area contributed by atoms with E-state index in [1.165, 1.54) is 6.92 Å². The van der Waals surface area contributed by atoms with Gasteiger partial charge in [-0.1, -0.05) is 18.5 Å². The molecule has 0 aliphatic rings. The van der Waals surface area contributed by atoms with Crippen LogP contribution in [-0.4, -0.2) is 16.2 Å². The van der Waals surface area contributed by atoms with Crippen LogP contribution in [-0.2, 0) is 11.2 Å². The van der Waals surface area contributed by atoms with Crippen molar-refractivity contribution in [2.75, 3.05) is 0 Å². The number of phenolic OH excluding ortho intramolecular Hbond substituents is 1. The predicted octanol–water partition coefficient (Wildman–Crippen LogP) is 2.45. The average molecular weight is 233 g/mol. The molecule has 0 aliphatic heterocycles. The Labute approximate surface area is 91.1 Å². The van der Waals surface area contributed by atoms with Crippen LogP contribution in [0.5, 0.6) is 5.75 Å². The maximum absolute atomic E-state index is 13.0. The van der Waals surface area contributed by atoms with E-state index in [1.807, 2.05) is 0 Å². The number of aliphatic carboxylic acids is 1. The van der Waals surface area contributed by atoms with Gasteiger partial charge in [0, 0.05) is 5.56 Å². The molecule has 0 fully saturated rings. The zero-order valence-corrected chi connectivity index (χ0v) is 8.75. The lowest BCUT2D eigenvalue weighted by Crippen LogP contribution is -2.12. The number of carboxylic acid groups (broad SMARTS) is 1. The van der Waals surface area contributed by atoms with Gasteiger partial charge in [-0.3, -0.25) is 4.79 Å². The zero-order valence-electron chi connectivity index (χ0n) is 8.00. The summed E-state index contributed by atoms with van der Waals surface area (Å²) in [5.74, 6) is -2.60. The van der Waals surface area contributed by atoms with E-state index in [-0.39, 0.29) is 22.8 Å². The number of rotatable bonds is 3. The van der Waals surface area contributed by atoms with Gasteiger partial charge in [-0.15, -0.1) is 0 Å². The molecule has 0 bridgehead atoms. The highest BCUT2D eigenvalue weighted by Crippen LogP contribution is 2.30. The summed E-state index contributed by atoms with van der Waals surface area (Å²) in [6.45, 7) is 1.46. The summed E-state index contributed by atoms with van der Waals surface area (Å²) < 4.78 is 13.0. The van der Waals surface area contributed by atoms with Crippen molar-refractivity contribution >= 4 is 17.6 Å². The fourth-order valence-corrected chi connectivity index (χ4v) is 1.41. The second-order valence-electron chi connectivity index (χ2n) is 3.30. The molecule has 0 aromatic heterocycles. The SMILES string of the molecule is CC(Cc1c(O)ccc(F)c1Cl)C(=O)O. The van der Waals surface area contributed by atoms with E-state index in [0.717, 1.165) is 12.1 Å². The molecular formula is C10H10ClFO3. The van der Waals surface area contributed by atoms with Gasteiger partial charge >= 0.3 is 5.97 Å². The fraction of sp³-hybridized carbons (Fsp3) is 0.300. The summed E-state index contributed by atoms with van der Waals surface area (Å²) in [5.41, 5.74) is 0.131. The Hall–Kier alpha value is -1.29. The lowest BCUT2D eigenvalue weighted by Gasteiger charge is -2.10. The summed E-state index contributed by atoms with van der Waals surface area (Å²) in [5, 5.41) is 17.9. The Bertz CT molecular complexity index is 392. The second kappa shape index (κ2) is 4.49. The highest BCUT2D eigenvalue weighted by atomic mass is 35.5. The zero-order chi connectivity index (χ0) is 11.6. The third kappa shape index (κ3) is 2.59. The molecule has 2 N–H and O–H groups in total. The number of carboxylic acids is 1. The average Bonchev–Trinajstić information content (AvgIpc) is 2.18. The molecule has 0 amide bonds. The monoisotopic (exact) mass is 232 g/mol. The minimum Gasteiger partial charge on any atom is -0.508 e. The van der Waals surface area contributed by atoms with Gasteiger partial charge < -0.3 is 10.2 Å². The first-order valence-corrected chi connectivity index (χ1v) is 4.70. The number of phenols is 1. The van der Waals surface area contributed by atoms with E-state index in [4.69, 9.17) is 16.7 Å². The molecule has 15 heavy (non-hydrogen) atoms. The molecule has 3 nitrogen and oxygen atoms in total. The van der Waals surface area contributed by atoms with E-state index in [1.54, 1.807) is 0 Å². The number of benzene rings is 1. The molecule has 0 radical (unpaired) electrons. The highest BCUT2D eigenvalue weighted by Gasteiger charge is 2.18. The molecule has 0 saturated heterocycles. The smallest absolute Gasteiger partial charge is 0.306 e. The van der Waals surface area contributed by atoms with Crippen LogP contribution in [0.1, 0.15) is 12.5 Å². The Morgan fingerprint density at radius 2 is 2.20 bits per heavy atom. The van der Waals surface area contributed by atoms with Crippen LogP contribution in [0.15, 0.2) is 12.1 Å². The van der Waals surface area contributed by atoms with Crippen LogP contribution < -0.4 is 0 Å². The van der Waals surface area contributed by atoms with Gasteiger partial charge in [0.1, 0.15) is 11.6 Å². The van der Waals surface area contributed by atoms with E-state index < -0.39 is 17.7 Å². The Morgan fingerprint density at radius 1 is 1.60 bits per heavy atom. The Kier molecular flexibility index (Phi) is 3.52. The fourth-order valence-electron chi connectivity index (χ4n) is 1.17. The van der Waals surface area contributed by atoms with E-state index >= 15 is 0 Å². The van der Waals surface area contributed by atoms with Crippen LogP contribution in [0.4, 0.5) is 4.39 Å². The summed E-state index contributed by atoms with van der Waals surface area (Å²) in [6, 6.07) is 2.19. The first-order valence-electron chi connectivity index (χ1n) is 4.32. The second-order valence-corrected chi connectivity index (χ2v) is 3.68. The molecule has 82 valence electrons. The van der Waals surface area contributed by atoms with Gasteiger partial charge in [0.2, 0.25) is 0 Å². The minimum atomic E-state index is -1.02. The largest absolute Gasteiger partial charge is 0.508 e. The summed E-state index contributed by atoms with van der Waals surface area (Å²) >= 11 is 5.62. The molecule has 0 heterocycles. The minimum absolute atomic E-state index is 0.00222. The molecule has 1 aromatic carbocycles. The van der Waals surface area contributed by atoms with E-state index in [0.29, 0.717) is 0 Å². The van der Waals surface area contributed by atoms with Gasteiger partial charge in [0.25, 0.3) is 0 Å². The van der Waals surface area contributed by atoms with Crippen LogP contribution in [0.2, 0.25) is 5.02 Å². The van der Waals surface area contributed by atoms with Gasteiger partial charge in [-0.2, -0.15) is 0 Å². The predicted molar refractivity (Wildman–Crippen MR) is 53.6 cm³/mol. The summed E-state index contributed by atoms with van der Waals surface area (Å²) in [4.78, 5) is 10.6. The third-order valence-electron chi connectivity index (χ3n) is 2.10. The number of hydrogen-bond acceptors (Lipinski definition) is 2. The van der Waals surface area contributed by atoms with Crippen LogP contribution >= 0.6 is 11.6 Å². The molecule has 1 atom stereocenters. The van der Waals surface area contributed by atoms with E-state index in [2.05, 4.69) is 0 Å². The highest BCUT2D eigenvalue weighted by molar-refractivity contribution is 6.31. The normalized spacial score (nSPS) is 12.5. The third-order valence-corrected chi connectivity index (χ3v) is 2.51. The van der Waals surface area contributed by atoms with Crippen LogP contribution in [0.25, 0.3) is 0 Å². The van der Waals surface area contributed by atoms with Gasteiger partial charge in [0.15, 0.2) is 0 Å². The van der Waals surface area contributed by atoms with Crippen molar-refractivity contribution < 1.29 is 19.4 Å². The van der Waals surface area contributed by atoms with Crippen molar-refractivity contribution in [2.24, 2.45) is 5.92 Å². The number of aromatic hydroxyl groups is 1. The summed E-state index contributed by atoms with van der Waals surface area (Å²) in [7, 11) is 0. The van der Waals surface area contributed by atoms with Crippen LogP contribution in [0, 0.1) is 11.7 Å². The van der Waals surface area contributed by atoms with Gasteiger partial charge in [0.05, 0.1) is 10.9 Å². The first-order chi connectivity index (χ1) is 6.93. The van der Waals surface area contributed by atoms with Gasteiger partial charge in [-0.25, -0.2) is 4.39 Å². The molecule has 1 rings (SSSR count). The molecule has 1 unspecified atom stereocenters. The van der Waals surface area contributed by atoms with Crippen molar-refractivity contribution in [3.05, 3.63) is 28.5 Å². The van der Waals surface area contributed by atoms with E-state index in [9.17, 15) is 14.3 Å². The van der Waals surface area contributed by atoms with Crippen molar-refractivity contribution in [3.8, 4) is 5.75 Å². The van der Waals surface area contributed by atoms with Crippen molar-refractivity contribution in [2.45, 2.75) is 13.3 Å². The topological polar surface area (TPSA) is 57.5 Å². The molecule has 0 spiro atoms. The van der Waals surface area contributed by atoms with Crippen molar-refractivity contribution in [1.29, 1.82) is 0 Å². The number of hydrogen-bond donors (Lipinski definition) is 2.